The molecule has 3 aromatic rings. The lowest BCUT2D eigenvalue weighted by atomic mass is 9.59. The van der Waals surface area contributed by atoms with Crippen molar-refractivity contribution in [1.29, 1.82) is 0 Å². The smallest absolute Gasteiger partial charge is 0.471 e. The molecule has 0 radical (unpaired) electrons. The lowest BCUT2D eigenvalue weighted by molar-refractivity contribution is -0.174. The van der Waals surface area contributed by atoms with Crippen molar-refractivity contribution in [2.45, 2.75) is 94.7 Å². The molecule has 3 aliphatic carbocycles. The van der Waals surface area contributed by atoms with E-state index >= 15 is 4.39 Å². The Bertz CT molecular complexity index is 1830. The fourth-order valence-corrected chi connectivity index (χ4v) is 9.29. The first-order valence-corrected chi connectivity index (χ1v) is 18.4. The summed E-state index contributed by atoms with van der Waals surface area (Å²) in [5.74, 6) is -2.60. The van der Waals surface area contributed by atoms with E-state index < -0.39 is 34.8 Å². The van der Waals surface area contributed by atoms with Gasteiger partial charge in [-0.05, 0) is 128 Å². The normalized spacial score (nSPS) is 24.2. The number of carbonyl (C=O) groups excluding carboxylic acids is 2. The van der Waals surface area contributed by atoms with E-state index in [1.807, 2.05) is 6.07 Å². The lowest BCUT2D eigenvalue weighted by Gasteiger charge is -2.51. The van der Waals surface area contributed by atoms with Crippen LogP contribution in [0.2, 0.25) is 5.02 Å². The SMILES string of the molecule is COCOc1cc2c(cc1F)C[C@H](C[C@@H](C)COc1ccnc3c1[C@H](C)CCC3)C21CCC(C(=O)OC)(N(C(=O)C(F)(F)F)c2cccc(Cl)c2)CC1. The quantitative estimate of drug-likeness (QED) is 0.110. The highest BCUT2D eigenvalue weighted by molar-refractivity contribution is 6.31. The average molecular weight is 761 g/mol. The van der Waals surface area contributed by atoms with Gasteiger partial charge in [-0.25, -0.2) is 9.18 Å². The van der Waals surface area contributed by atoms with Crippen molar-refractivity contribution in [3.05, 3.63) is 81.9 Å². The lowest BCUT2D eigenvalue weighted by Crippen LogP contribution is -2.63. The van der Waals surface area contributed by atoms with Gasteiger partial charge in [0.1, 0.15) is 11.3 Å². The molecule has 0 unspecified atom stereocenters. The second-order valence-electron chi connectivity index (χ2n) is 14.8. The van der Waals surface area contributed by atoms with Crippen LogP contribution >= 0.6 is 11.6 Å². The summed E-state index contributed by atoms with van der Waals surface area (Å²) in [5.41, 5.74) is 0.956. The minimum absolute atomic E-state index is 0.00352. The van der Waals surface area contributed by atoms with Crippen LogP contribution in [0.1, 0.15) is 87.1 Å². The first-order valence-electron chi connectivity index (χ1n) is 18.0. The summed E-state index contributed by atoms with van der Waals surface area (Å²) in [7, 11) is 2.52. The minimum atomic E-state index is -5.30. The number of methoxy groups -OCH3 is 2. The molecular weight excluding hydrogens is 716 g/mol. The molecule has 0 bridgehead atoms. The Kier molecular flexibility index (Phi) is 11.3. The zero-order valence-corrected chi connectivity index (χ0v) is 31.1. The van der Waals surface area contributed by atoms with E-state index in [0.29, 0.717) is 30.3 Å². The van der Waals surface area contributed by atoms with Crippen molar-refractivity contribution in [2.75, 3.05) is 32.5 Å². The van der Waals surface area contributed by atoms with E-state index in [-0.39, 0.29) is 60.8 Å². The summed E-state index contributed by atoms with van der Waals surface area (Å²) in [6.07, 6.45) is 0.822. The van der Waals surface area contributed by atoms with Crippen LogP contribution in [0.25, 0.3) is 0 Å². The Morgan fingerprint density at radius 3 is 2.49 bits per heavy atom. The van der Waals surface area contributed by atoms with Crippen molar-refractivity contribution in [1.82, 2.24) is 4.98 Å². The molecule has 1 spiro atoms. The summed E-state index contributed by atoms with van der Waals surface area (Å²) in [6, 6.07) is 10.5. The van der Waals surface area contributed by atoms with Gasteiger partial charge in [0.2, 0.25) is 0 Å². The third-order valence-electron chi connectivity index (χ3n) is 11.5. The fraction of sp³-hybridized carbons (Fsp3) is 0.525. The summed E-state index contributed by atoms with van der Waals surface area (Å²) in [4.78, 5) is 32.1. The molecule has 1 saturated carbocycles. The van der Waals surface area contributed by atoms with Gasteiger partial charge < -0.3 is 18.9 Å². The maximum absolute atomic E-state index is 15.4. The summed E-state index contributed by atoms with van der Waals surface area (Å²) in [6.45, 7) is 4.51. The number of pyridine rings is 1. The van der Waals surface area contributed by atoms with Crippen LogP contribution < -0.4 is 14.4 Å². The Morgan fingerprint density at radius 2 is 1.81 bits per heavy atom. The zero-order valence-electron chi connectivity index (χ0n) is 30.4. The second kappa shape index (κ2) is 15.5. The van der Waals surface area contributed by atoms with Gasteiger partial charge in [0.25, 0.3) is 0 Å². The monoisotopic (exact) mass is 760 g/mol. The van der Waals surface area contributed by atoms with Gasteiger partial charge in [-0.15, -0.1) is 0 Å². The van der Waals surface area contributed by atoms with E-state index in [1.165, 1.54) is 37.4 Å². The van der Waals surface area contributed by atoms with Gasteiger partial charge in [0.15, 0.2) is 18.4 Å². The molecule has 1 aromatic heterocycles. The van der Waals surface area contributed by atoms with Crippen molar-refractivity contribution >= 4 is 29.2 Å². The van der Waals surface area contributed by atoms with E-state index in [4.69, 9.17) is 30.5 Å². The topological polar surface area (TPSA) is 87.2 Å². The predicted molar refractivity (Wildman–Crippen MR) is 191 cm³/mol. The van der Waals surface area contributed by atoms with Crippen LogP contribution in [0, 0.1) is 17.7 Å². The number of aromatic nitrogens is 1. The molecule has 13 heteroatoms. The number of esters is 1. The van der Waals surface area contributed by atoms with Gasteiger partial charge in [-0.2, -0.15) is 13.2 Å². The standard InChI is InChI=1S/C40H45ClF4N2O6/c1-24(22-52-33-11-16-46-32-10-5-7-25(2)35(32)33)17-27-18-26-19-31(42)34(53-23-50-3)21-30(26)38(27)12-14-39(15-13-38,37(49)51-4)47(36(48)40(43,44)45)29-9-6-8-28(41)20-29/h6,8-9,11,16,19-21,24-25,27H,5,7,10,12-15,17-18,22-23H2,1-4H3/t24-,25-,27+,38?,39?/m1/s1. The molecular formula is C40H45ClF4N2O6. The number of halogens is 5. The van der Waals surface area contributed by atoms with Crippen molar-refractivity contribution in [3.63, 3.8) is 0 Å². The molecule has 8 nitrogen and oxygen atoms in total. The minimum Gasteiger partial charge on any atom is -0.493 e. The number of fused-ring (bicyclic) bond motifs is 3. The van der Waals surface area contributed by atoms with Crippen LogP contribution in [-0.4, -0.2) is 56.2 Å². The predicted octanol–water partition coefficient (Wildman–Crippen LogP) is 8.89. The summed E-state index contributed by atoms with van der Waals surface area (Å²) >= 11 is 6.20. The van der Waals surface area contributed by atoms with Crippen LogP contribution in [0.3, 0.4) is 0 Å². The molecule has 1 amide bonds. The van der Waals surface area contributed by atoms with Crippen molar-refractivity contribution in [2.24, 2.45) is 11.8 Å². The third kappa shape index (κ3) is 7.45. The maximum atomic E-state index is 15.4. The molecule has 6 rings (SSSR count). The van der Waals surface area contributed by atoms with E-state index in [0.717, 1.165) is 54.5 Å². The van der Waals surface area contributed by atoms with Gasteiger partial charge in [-0.3, -0.25) is 14.7 Å². The first kappa shape index (κ1) is 38.8. The molecule has 0 N–H and O–H groups in total. The molecule has 3 atom stereocenters. The number of ether oxygens (including phenoxy) is 4. The summed E-state index contributed by atoms with van der Waals surface area (Å²) < 4.78 is 80.6. The largest absolute Gasteiger partial charge is 0.493 e. The number of rotatable bonds is 11. The highest BCUT2D eigenvalue weighted by Crippen LogP contribution is 2.58. The van der Waals surface area contributed by atoms with E-state index in [1.54, 1.807) is 12.3 Å². The molecule has 0 saturated heterocycles. The number of hydrogen-bond donors (Lipinski definition) is 0. The molecule has 0 aliphatic heterocycles. The highest BCUT2D eigenvalue weighted by Gasteiger charge is 2.60. The van der Waals surface area contributed by atoms with Gasteiger partial charge in [-0.1, -0.05) is 31.5 Å². The summed E-state index contributed by atoms with van der Waals surface area (Å²) in [5, 5.41) is 0.100. The highest BCUT2D eigenvalue weighted by atomic mass is 35.5. The molecule has 53 heavy (non-hydrogen) atoms. The Morgan fingerprint density at radius 1 is 1.06 bits per heavy atom. The second-order valence-corrected chi connectivity index (χ2v) is 15.2. The fourth-order valence-electron chi connectivity index (χ4n) is 9.10. The Hall–Kier alpha value is -3.90. The third-order valence-corrected chi connectivity index (χ3v) is 11.8. The van der Waals surface area contributed by atoms with Crippen LogP contribution in [-0.2, 0) is 37.3 Å². The molecule has 3 aliphatic rings. The van der Waals surface area contributed by atoms with Gasteiger partial charge >= 0.3 is 18.1 Å². The van der Waals surface area contributed by atoms with Gasteiger partial charge in [0, 0.05) is 35.3 Å². The number of alkyl halides is 3. The molecule has 286 valence electrons. The molecule has 2 aromatic carbocycles. The number of carbonyl (C=O) groups is 2. The van der Waals surface area contributed by atoms with E-state index in [2.05, 4.69) is 18.8 Å². The Labute approximate surface area is 312 Å². The first-order chi connectivity index (χ1) is 25.2. The number of nitrogens with zero attached hydrogens (tertiary/aromatic N) is 2. The van der Waals surface area contributed by atoms with Crippen LogP contribution in [0.15, 0.2) is 48.7 Å². The zero-order chi connectivity index (χ0) is 38.1. The number of hydrogen-bond acceptors (Lipinski definition) is 7. The van der Waals surface area contributed by atoms with Crippen LogP contribution in [0.5, 0.6) is 11.5 Å². The number of anilines is 1. The average Bonchev–Trinajstić information content (AvgIpc) is 3.40. The van der Waals surface area contributed by atoms with Gasteiger partial charge in [0.05, 0.1) is 13.7 Å². The maximum Gasteiger partial charge on any atom is 0.471 e. The van der Waals surface area contributed by atoms with Crippen molar-refractivity contribution < 1.29 is 46.1 Å². The number of benzene rings is 2. The van der Waals surface area contributed by atoms with Crippen molar-refractivity contribution in [3.8, 4) is 11.5 Å². The van der Waals surface area contributed by atoms with E-state index in [9.17, 15) is 22.8 Å². The number of aryl methyl sites for hydroxylation is 1. The number of amides is 1. The Balaban J connectivity index is 1.35. The molecule has 1 fully saturated rings. The molecule has 1 heterocycles. The van der Waals surface area contributed by atoms with Crippen LogP contribution in [0.4, 0.5) is 23.2 Å².